The van der Waals surface area contributed by atoms with E-state index in [0.717, 1.165) is 5.76 Å². The first kappa shape index (κ1) is 8.62. The predicted molar refractivity (Wildman–Crippen MR) is 45.6 cm³/mol. The standard InChI is InChI=1S/C8H11NO.ClH/c9-8(6-3-4-6)7-2-1-5-10-7;/h1-2,5-6,8H,3-4,9H2;1H/t8-;/m0./s1. The summed E-state index contributed by atoms with van der Waals surface area (Å²) >= 11 is 0. The summed E-state index contributed by atoms with van der Waals surface area (Å²) in [5.74, 6) is 1.62. The van der Waals surface area contributed by atoms with Gasteiger partial charge in [-0.1, -0.05) is 0 Å². The molecular formula is C8H12ClNO. The Balaban J connectivity index is 0.000000605. The summed E-state index contributed by atoms with van der Waals surface area (Å²) < 4.78 is 5.17. The molecular weight excluding hydrogens is 162 g/mol. The summed E-state index contributed by atoms with van der Waals surface area (Å²) in [6.45, 7) is 0. The molecule has 0 saturated heterocycles. The highest BCUT2D eigenvalue weighted by atomic mass is 35.5. The first-order valence-electron chi connectivity index (χ1n) is 3.67. The highest BCUT2D eigenvalue weighted by Crippen LogP contribution is 2.39. The molecule has 2 nitrogen and oxygen atoms in total. The van der Waals surface area contributed by atoms with Crippen LogP contribution in [0.15, 0.2) is 22.8 Å². The van der Waals surface area contributed by atoms with Crippen LogP contribution in [0.2, 0.25) is 0 Å². The molecule has 1 aromatic heterocycles. The Bertz CT molecular complexity index is 206. The van der Waals surface area contributed by atoms with Gasteiger partial charge in [0.2, 0.25) is 0 Å². The van der Waals surface area contributed by atoms with Gasteiger partial charge in [0.1, 0.15) is 5.76 Å². The second-order valence-electron chi connectivity index (χ2n) is 2.88. The molecule has 1 aromatic rings. The molecule has 0 aromatic carbocycles. The molecule has 0 unspecified atom stereocenters. The number of hydrogen-bond donors (Lipinski definition) is 1. The van der Waals surface area contributed by atoms with Gasteiger partial charge in [0.05, 0.1) is 12.3 Å². The lowest BCUT2D eigenvalue weighted by atomic mass is 10.1. The van der Waals surface area contributed by atoms with Gasteiger partial charge in [-0.3, -0.25) is 0 Å². The molecule has 1 heterocycles. The van der Waals surface area contributed by atoms with Gasteiger partial charge in [-0.2, -0.15) is 0 Å². The van der Waals surface area contributed by atoms with Crippen molar-refractivity contribution in [1.29, 1.82) is 0 Å². The summed E-state index contributed by atoms with van der Waals surface area (Å²) in [4.78, 5) is 0. The number of halogens is 1. The third-order valence-electron chi connectivity index (χ3n) is 2.00. The molecule has 2 N–H and O–H groups in total. The van der Waals surface area contributed by atoms with Crippen LogP contribution in [0.5, 0.6) is 0 Å². The first-order chi connectivity index (χ1) is 4.88. The molecule has 2 rings (SSSR count). The Hall–Kier alpha value is -0.470. The first-order valence-corrected chi connectivity index (χ1v) is 3.67. The van der Waals surface area contributed by atoms with Crippen LogP contribution >= 0.6 is 12.4 Å². The molecule has 0 aliphatic heterocycles. The van der Waals surface area contributed by atoms with E-state index in [1.54, 1.807) is 6.26 Å². The van der Waals surface area contributed by atoms with Crippen molar-refractivity contribution in [2.75, 3.05) is 0 Å². The van der Waals surface area contributed by atoms with Crippen molar-refractivity contribution in [3.05, 3.63) is 24.2 Å². The number of furan rings is 1. The molecule has 1 aliphatic rings. The topological polar surface area (TPSA) is 39.2 Å². The van der Waals surface area contributed by atoms with Gasteiger partial charge in [0, 0.05) is 0 Å². The van der Waals surface area contributed by atoms with E-state index >= 15 is 0 Å². The second kappa shape index (κ2) is 3.28. The lowest BCUT2D eigenvalue weighted by Crippen LogP contribution is -2.10. The van der Waals surface area contributed by atoms with E-state index in [1.807, 2.05) is 12.1 Å². The largest absolute Gasteiger partial charge is 0.468 e. The fourth-order valence-corrected chi connectivity index (χ4v) is 1.17. The van der Waals surface area contributed by atoms with E-state index in [4.69, 9.17) is 10.2 Å². The third-order valence-corrected chi connectivity index (χ3v) is 2.00. The highest BCUT2D eigenvalue weighted by Gasteiger charge is 2.30. The number of hydrogen-bond acceptors (Lipinski definition) is 2. The molecule has 0 radical (unpaired) electrons. The third kappa shape index (κ3) is 1.76. The zero-order valence-corrected chi connectivity index (χ0v) is 7.01. The van der Waals surface area contributed by atoms with Crippen LogP contribution < -0.4 is 5.73 Å². The molecule has 0 spiro atoms. The van der Waals surface area contributed by atoms with Crippen molar-refractivity contribution >= 4 is 12.4 Å². The van der Waals surface area contributed by atoms with Crippen LogP contribution in [0.1, 0.15) is 24.6 Å². The van der Waals surface area contributed by atoms with Gasteiger partial charge < -0.3 is 10.2 Å². The smallest absolute Gasteiger partial charge is 0.120 e. The lowest BCUT2D eigenvalue weighted by molar-refractivity contribution is 0.443. The Labute approximate surface area is 72.2 Å². The van der Waals surface area contributed by atoms with Crippen molar-refractivity contribution in [3.63, 3.8) is 0 Å². The molecule has 0 bridgehead atoms. The van der Waals surface area contributed by atoms with Gasteiger partial charge in [-0.25, -0.2) is 0 Å². The molecule has 1 saturated carbocycles. The van der Waals surface area contributed by atoms with Crippen LogP contribution in [0, 0.1) is 5.92 Å². The lowest BCUT2D eigenvalue weighted by Gasteiger charge is -2.04. The Kier molecular flexibility index (Phi) is 2.58. The normalized spacial score (nSPS) is 19.0. The maximum atomic E-state index is 5.85. The minimum atomic E-state index is 0. The Morgan fingerprint density at radius 1 is 1.55 bits per heavy atom. The molecule has 0 amide bonds. The molecule has 62 valence electrons. The van der Waals surface area contributed by atoms with E-state index in [0.29, 0.717) is 5.92 Å². The quantitative estimate of drug-likeness (QED) is 0.744. The van der Waals surface area contributed by atoms with Gasteiger partial charge in [-0.05, 0) is 30.9 Å². The van der Waals surface area contributed by atoms with Crippen molar-refractivity contribution in [1.82, 2.24) is 0 Å². The van der Waals surface area contributed by atoms with Crippen molar-refractivity contribution in [2.24, 2.45) is 11.7 Å². The average Bonchev–Trinajstić information content (AvgIpc) is 2.65. The van der Waals surface area contributed by atoms with E-state index in [2.05, 4.69) is 0 Å². The Morgan fingerprint density at radius 2 is 2.27 bits per heavy atom. The van der Waals surface area contributed by atoms with E-state index < -0.39 is 0 Å². The molecule has 1 atom stereocenters. The fourth-order valence-electron chi connectivity index (χ4n) is 1.17. The van der Waals surface area contributed by atoms with Crippen LogP contribution in [0.3, 0.4) is 0 Å². The average molecular weight is 174 g/mol. The summed E-state index contributed by atoms with van der Waals surface area (Å²) in [6, 6.07) is 3.98. The van der Waals surface area contributed by atoms with Crippen molar-refractivity contribution in [2.45, 2.75) is 18.9 Å². The van der Waals surface area contributed by atoms with Crippen LogP contribution in [-0.2, 0) is 0 Å². The summed E-state index contributed by atoms with van der Waals surface area (Å²) in [6.07, 6.45) is 4.21. The zero-order valence-electron chi connectivity index (χ0n) is 6.19. The Morgan fingerprint density at radius 3 is 2.73 bits per heavy atom. The molecule has 3 heteroatoms. The van der Waals surface area contributed by atoms with Crippen LogP contribution in [0.25, 0.3) is 0 Å². The zero-order chi connectivity index (χ0) is 6.97. The van der Waals surface area contributed by atoms with Crippen LogP contribution in [0.4, 0.5) is 0 Å². The van der Waals surface area contributed by atoms with Gasteiger partial charge in [-0.15, -0.1) is 12.4 Å². The minimum absolute atomic E-state index is 0. The predicted octanol–water partition coefficient (Wildman–Crippen LogP) is 2.11. The van der Waals surface area contributed by atoms with Crippen molar-refractivity contribution < 1.29 is 4.42 Å². The van der Waals surface area contributed by atoms with Gasteiger partial charge >= 0.3 is 0 Å². The van der Waals surface area contributed by atoms with Crippen LogP contribution in [-0.4, -0.2) is 0 Å². The maximum absolute atomic E-state index is 5.85. The highest BCUT2D eigenvalue weighted by molar-refractivity contribution is 5.85. The summed E-state index contributed by atoms with van der Waals surface area (Å²) in [5, 5.41) is 0. The van der Waals surface area contributed by atoms with Gasteiger partial charge in [0.25, 0.3) is 0 Å². The van der Waals surface area contributed by atoms with Crippen molar-refractivity contribution in [3.8, 4) is 0 Å². The summed E-state index contributed by atoms with van der Waals surface area (Å²) in [7, 11) is 0. The molecule has 1 aliphatic carbocycles. The molecule has 11 heavy (non-hydrogen) atoms. The van der Waals surface area contributed by atoms with E-state index in [9.17, 15) is 0 Å². The second-order valence-corrected chi connectivity index (χ2v) is 2.88. The van der Waals surface area contributed by atoms with E-state index in [1.165, 1.54) is 12.8 Å². The SMILES string of the molecule is Cl.N[C@H](c1ccco1)C1CC1. The number of nitrogens with two attached hydrogens (primary N) is 1. The minimum Gasteiger partial charge on any atom is -0.468 e. The fraction of sp³-hybridized carbons (Fsp3) is 0.500. The summed E-state index contributed by atoms with van der Waals surface area (Å²) in [5.41, 5.74) is 5.85. The maximum Gasteiger partial charge on any atom is 0.120 e. The molecule has 1 fully saturated rings. The number of rotatable bonds is 2. The van der Waals surface area contributed by atoms with Gasteiger partial charge in [0.15, 0.2) is 0 Å². The monoisotopic (exact) mass is 173 g/mol. The van der Waals surface area contributed by atoms with E-state index in [-0.39, 0.29) is 18.4 Å².